The quantitative estimate of drug-likeness (QED) is 0.868. The van der Waals surface area contributed by atoms with E-state index in [0.717, 1.165) is 24.9 Å². The van der Waals surface area contributed by atoms with Gasteiger partial charge in [-0.25, -0.2) is 0 Å². The summed E-state index contributed by atoms with van der Waals surface area (Å²) in [6.07, 6.45) is 5.88. The van der Waals surface area contributed by atoms with Crippen LogP contribution in [0.4, 0.5) is 5.69 Å². The number of anilines is 1. The van der Waals surface area contributed by atoms with Gasteiger partial charge in [-0.3, -0.25) is 9.89 Å². The highest BCUT2D eigenvalue weighted by Gasteiger charge is 2.40. The van der Waals surface area contributed by atoms with Gasteiger partial charge in [0, 0.05) is 26.5 Å². The third-order valence-corrected chi connectivity index (χ3v) is 3.76. The molecule has 94 valence electrons. The minimum Gasteiger partial charge on any atom is -0.381 e. The number of hydrogen-bond donors (Lipinski definition) is 1. The molecule has 2 heterocycles. The van der Waals surface area contributed by atoms with Crippen molar-refractivity contribution in [3.63, 3.8) is 0 Å². The first-order valence-electron chi connectivity index (χ1n) is 6.04. The van der Waals surface area contributed by atoms with Crippen molar-refractivity contribution in [3.05, 3.63) is 12.4 Å². The number of rotatable bonds is 3. The van der Waals surface area contributed by atoms with Gasteiger partial charge in [0.05, 0.1) is 17.3 Å². The largest absolute Gasteiger partial charge is 0.381 e. The van der Waals surface area contributed by atoms with E-state index < -0.39 is 0 Å². The van der Waals surface area contributed by atoms with Crippen LogP contribution in [0.5, 0.6) is 0 Å². The molecule has 1 fully saturated rings. The van der Waals surface area contributed by atoms with Gasteiger partial charge in [-0.2, -0.15) is 5.10 Å². The topological polar surface area (TPSA) is 58.2 Å². The fraction of sp³-hybridized carbons (Fsp3) is 0.667. The van der Waals surface area contributed by atoms with Crippen LogP contribution in [0, 0.1) is 5.41 Å². The Balaban J connectivity index is 2.17. The molecule has 1 N–H and O–H groups in total. The SMILES string of the molecule is CCC1(C(=O)N(C)c2cn[nH]c2)CCOCC1. The van der Waals surface area contributed by atoms with E-state index in [4.69, 9.17) is 4.74 Å². The van der Waals surface area contributed by atoms with Crippen LogP contribution in [0.2, 0.25) is 0 Å². The summed E-state index contributed by atoms with van der Waals surface area (Å²) in [5, 5.41) is 6.61. The van der Waals surface area contributed by atoms with Crippen molar-refractivity contribution in [2.24, 2.45) is 5.41 Å². The number of aromatic amines is 1. The zero-order valence-electron chi connectivity index (χ0n) is 10.4. The Morgan fingerprint density at radius 2 is 2.29 bits per heavy atom. The number of aromatic nitrogens is 2. The third kappa shape index (κ3) is 2.20. The standard InChI is InChI=1S/C12H19N3O2/c1-3-12(4-6-17-7-5-12)11(16)15(2)10-8-13-14-9-10/h8-9H,3-7H2,1-2H3,(H,13,14). The van der Waals surface area contributed by atoms with Gasteiger partial charge >= 0.3 is 0 Å². The first-order chi connectivity index (χ1) is 8.19. The number of ether oxygens (including phenoxy) is 1. The van der Waals surface area contributed by atoms with Crippen molar-refractivity contribution in [2.75, 3.05) is 25.2 Å². The van der Waals surface area contributed by atoms with Crippen molar-refractivity contribution in [1.82, 2.24) is 10.2 Å². The molecule has 0 aromatic carbocycles. The average molecular weight is 237 g/mol. The molecular weight excluding hydrogens is 218 g/mol. The highest BCUT2D eigenvalue weighted by atomic mass is 16.5. The molecule has 0 bridgehead atoms. The molecule has 1 aromatic heterocycles. The van der Waals surface area contributed by atoms with Gasteiger partial charge in [0.25, 0.3) is 0 Å². The van der Waals surface area contributed by atoms with Crippen molar-refractivity contribution in [1.29, 1.82) is 0 Å². The average Bonchev–Trinajstić information content (AvgIpc) is 2.91. The summed E-state index contributed by atoms with van der Waals surface area (Å²) in [4.78, 5) is 14.3. The number of carbonyl (C=O) groups excluding carboxylic acids is 1. The van der Waals surface area contributed by atoms with Gasteiger partial charge in [0.15, 0.2) is 0 Å². The van der Waals surface area contributed by atoms with Crippen LogP contribution in [0.1, 0.15) is 26.2 Å². The zero-order chi connectivity index (χ0) is 12.3. The number of nitrogens with one attached hydrogen (secondary N) is 1. The maximum atomic E-state index is 12.6. The lowest BCUT2D eigenvalue weighted by Gasteiger charge is -2.37. The lowest BCUT2D eigenvalue weighted by Crippen LogP contribution is -2.45. The van der Waals surface area contributed by atoms with E-state index in [-0.39, 0.29) is 11.3 Å². The lowest BCUT2D eigenvalue weighted by atomic mass is 9.76. The molecule has 0 spiro atoms. The van der Waals surface area contributed by atoms with Crippen LogP contribution in [-0.2, 0) is 9.53 Å². The zero-order valence-corrected chi connectivity index (χ0v) is 10.4. The molecule has 1 aliphatic heterocycles. The monoisotopic (exact) mass is 237 g/mol. The third-order valence-electron chi connectivity index (χ3n) is 3.76. The first kappa shape index (κ1) is 12.1. The van der Waals surface area contributed by atoms with Crippen LogP contribution in [-0.4, -0.2) is 36.4 Å². The second kappa shape index (κ2) is 4.87. The second-order valence-electron chi connectivity index (χ2n) is 4.57. The molecule has 17 heavy (non-hydrogen) atoms. The number of hydrogen-bond acceptors (Lipinski definition) is 3. The summed E-state index contributed by atoms with van der Waals surface area (Å²) in [6, 6.07) is 0. The van der Waals surface area contributed by atoms with Crippen LogP contribution in [0.25, 0.3) is 0 Å². The van der Waals surface area contributed by atoms with Gasteiger partial charge in [0.2, 0.25) is 5.91 Å². The molecule has 1 aromatic rings. The van der Waals surface area contributed by atoms with Gasteiger partial charge < -0.3 is 9.64 Å². The maximum Gasteiger partial charge on any atom is 0.233 e. The summed E-state index contributed by atoms with van der Waals surface area (Å²) in [5.74, 6) is 0.171. The van der Waals surface area contributed by atoms with E-state index in [1.165, 1.54) is 0 Å². The maximum absolute atomic E-state index is 12.6. The smallest absolute Gasteiger partial charge is 0.233 e. The number of H-pyrrole nitrogens is 1. The second-order valence-corrected chi connectivity index (χ2v) is 4.57. The van der Waals surface area contributed by atoms with E-state index in [9.17, 15) is 4.79 Å². The van der Waals surface area contributed by atoms with Crippen molar-refractivity contribution in [3.8, 4) is 0 Å². The van der Waals surface area contributed by atoms with E-state index in [1.54, 1.807) is 24.3 Å². The van der Waals surface area contributed by atoms with E-state index >= 15 is 0 Å². The Labute approximate surface area is 101 Å². The summed E-state index contributed by atoms with van der Waals surface area (Å²) in [6.45, 7) is 3.43. The summed E-state index contributed by atoms with van der Waals surface area (Å²) < 4.78 is 5.36. The Hall–Kier alpha value is -1.36. The molecule has 0 atom stereocenters. The normalized spacial score (nSPS) is 18.9. The Morgan fingerprint density at radius 3 is 2.82 bits per heavy atom. The molecule has 1 saturated heterocycles. The lowest BCUT2D eigenvalue weighted by molar-refractivity contribution is -0.133. The molecule has 0 aliphatic carbocycles. The van der Waals surface area contributed by atoms with Crippen molar-refractivity contribution < 1.29 is 9.53 Å². The Morgan fingerprint density at radius 1 is 1.59 bits per heavy atom. The molecule has 1 amide bonds. The first-order valence-corrected chi connectivity index (χ1v) is 6.04. The van der Waals surface area contributed by atoms with Gasteiger partial charge in [-0.1, -0.05) is 6.92 Å². The minimum atomic E-state index is -0.260. The van der Waals surface area contributed by atoms with Gasteiger partial charge in [-0.05, 0) is 19.3 Å². The van der Waals surface area contributed by atoms with E-state index in [0.29, 0.717) is 13.2 Å². The molecular formula is C12H19N3O2. The summed E-state index contributed by atoms with van der Waals surface area (Å²) in [7, 11) is 1.81. The predicted octanol–water partition coefficient (Wildman–Crippen LogP) is 1.58. The molecule has 5 nitrogen and oxygen atoms in total. The van der Waals surface area contributed by atoms with E-state index in [2.05, 4.69) is 17.1 Å². The fourth-order valence-corrected chi connectivity index (χ4v) is 2.38. The van der Waals surface area contributed by atoms with Gasteiger partial charge in [-0.15, -0.1) is 0 Å². The van der Waals surface area contributed by atoms with Crippen molar-refractivity contribution >= 4 is 11.6 Å². The molecule has 1 aliphatic rings. The van der Waals surface area contributed by atoms with Gasteiger partial charge in [0.1, 0.15) is 0 Å². The number of nitrogens with zero attached hydrogens (tertiary/aromatic N) is 2. The highest BCUT2D eigenvalue weighted by Crippen LogP contribution is 2.36. The summed E-state index contributed by atoms with van der Waals surface area (Å²) >= 11 is 0. The van der Waals surface area contributed by atoms with Crippen molar-refractivity contribution in [2.45, 2.75) is 26.2 Å². The number of amides is 1. The number of carbonyl (C=O) groups is 1. The van der Waals surface area contributed by atoms with Crippen LogP contribution in [0.15, 0.2) is 12.4 Å². The predicted molar refractivity (Wildman–Crippen MR) is 64.8 cm³/mol. The molecule has 0 radical (unpaired) electrons. The van der Waals surface area contributed by atoms with Crippen LogP contribution < -0.4 is 4.90 Å². The Kier molecular flexibility index (Phi) is 3.47. The molecule has 2 rings (SSSR count). The van der Waals surface area contributed by atoms with Crippen LogP contribution in [0.3, 0.4) is 0 Å². The molecule has 0 unspecified atom stereocenters. The molecule has 0 saturated carbocycles. The highest BCUT2D eigenvalue weighted by molar-refractivity contribution is 5.96. The summed E-state index contributed by atoms with van der Waals surface area (Å²) in [5.41, 5.74) is 0.555. The fourth-order valence-electron chi connectivity index (χ4n) is 2.38. The molecule has 5 heteroatoms. The minimum absolute atomic E-state index is 0.171. The van der Waals surface area contributed by atoms with Crippen LogP contribution >= 0.6 is 0 Å². The Bertz CT molecular complexity index is 369. The van der Waals surface area contributed by atoms with E-state index in [1.807, 2.05) is 0 Å².